The van der Waals surface area contributed by atoms with Crippen LogP contribution in [0.4, 0.5) is 0 Å². The number of aryl methyl sites for hydroxylation is 1. The number of hydrogen-bond acceptors (Lipinski definition) is 7. The lowest BCUT2D eigenvalue weighted by Gasteiger charge is -2.18. The highest BCUT2D eigenvalue weighted by Crippen LogP contribution is 2.43. The molecule has 0 saturated carbocycles. The highest BCUT2D eigenvalue weighted by Gasteiger charge is 2.44. The fourth-order valence-electron chi connectivity index (χ4n) is 3.02. The van der Waals surface area contributed by atoms with E-state index in [4.69, 9.17) is 23.4 Å². The monoisotopic (exact) mass is 346 g/mol. The Morgan fingerprint density at radius 1 is 1.08 bits per heavy atom. The van der Waals surface area contributed by atoms with Gasteiger partial charge in [-0.1, -0.05) is 6.07 Å². The van der Waals surface area contributed by atoms with Crippen LogP contribution in [0.1, 0.15) is 22.8 Å². The lowest BCUT2D eigenvalue weighted by molar-refractivity contribution is -0.148. The molecule has 2 atom stereocenters. The van der Waals surface area contributed by atoms with Gasteiger partial charge in [-0.05, 0) is 24.6 Å². The first-order valence-electron chi connectivity index (χ1n) is 7.61. The van der Waals surface area contributed by atoms with Crippen molar-refractivity contribution in [2.24, 2.45) is 0 Å². The number of ether oxygens (including phenoxy) is 4. The zero-order valence-electron chi connectivity index (χ0n) is 14.3. The van der Waals surface area contributed by atoms with Crippen molar-refractivity contribution in [2.45, 2.75) is 18.9 Å². The molecule has 1 aromatic carbocycles. The van der Waals surface area contributed by atoms with E-state index >= 15 is 0 Å². The van der Waals surface area contributed by atoms with E-state index in [1.165, 1.54) is 21.3 Å². The number of rotatable bonds is 4. The van der Waals surface area contributed by atoms with Gasteiger partial charge in [0.05, 0.1) is 32.8 Å². The normalized spacial score (nSPS) is 18.2. The molecule has 0 fully saturated rings. The van der Waals surface area contributed by atoms with Gasteiger partial charge in [-0.15, -0.1) is 0 Å². The second-order valence-electron chi connectivity index (χ2n) is 5.58. The Kier molecular flexibility index (Phi) is 4.39. The van der Waals surface area contributed by atoms with Crippen molar-refractivity contribution in [3.63, 3.8) is 0 Å². The molecule has 0 amide bonds. The molecule has 0 radical (unpaired) electrons. The second kappa shape index (κ2) is 6.51. The topological polar surface area (TPSA) is 84.2 Å². The lowest BCUT2D eigenvalue weighted by atomic mass is 9.88. The molecule has 0 aliphatic carbocycles. The van der Waals surface area contributed by atoms with Crippen molar-refractivity contribution in [3.8, 4) is 17.2 Å². The number of fused-ring (bicyclic) bond motifs is 1. The van der Waals surface area contributed by atoms with Gasteiger partial charge in [-0.3, -0.25) is 0 Å². The van der Waals surface area contributed by atoms with Gasteiger partial charge in [-0.2, -0.15) is 0 Å². The third-order valence-corrected chi connectivity index (χ3v) is 4.14. The van der Waals surface area contributed by atoms with E-state index in [0.29, 0.717) is 28.6 Å². The standard InChI is InChI=1S/C18H18O7/c1-9-7-13-15(17(19)24-9)14(16(25-13)18(20)23-4)10-5-6-11(21-2)12(8-10)22-3/h5-8,14,16H,1-4H3/t14-,16+/m1/s1. The zero-order valence-corrected chi connectivity index (χ0v) is 14.3. The van der Waals surface area contributed by atoms with E-state index in [2.05, 4.69) is 0 Å². The summed E-state index contributed by atoms with van der Waals surface area (Å²) in [6.45, 7) is 1.64. The Morgan fingerprint density at radius 3 is 2.44 bits per heavy atom. The highest BCUT2D eigenvalue weighted by molar-refractivity contribution is 5.79. The van der Waals surface area contributed by atoms with E-state index in [0.717, 1.165) is 0 Å². The molecule has 1 aliphatic heterocycles. The number of methoxy groups -OCH3 is 3. The van der Waals surface area contributed by atoms with Gasteiger partial charge < -0.3 is 23.4 Å². The van der Waals surface area contributed by atoms with Crippen molar-refractivity contribution in [1.82, 2.24) is 0 Å². The van der Waals surface area contributed by atoms with Crippen molar-refractivity contribution in [2.75, 3.05) is 21.3 Å². The molecule has 132 valence electrons. The van der Waals surface area contributed by atoms with Gasteiger partial charge in [0.1, 0.15) is 11.5 Å². The van der Waals surface area contributed by atoms with E-state index in [-0.39, 0.29) is 5.56 Å². The Labute approximate surface area is 144 Å². The molecule has 1 aromatic heterocycles. The van der Waals surface area contributed by atoms with Crippen LogP contribution in [0, 0.1) is 6.92 Å². The summed E-state index contributed by atoms with van der Waals surface area (Å²) >= 11 is 0. The van der Waals surface area contributed by atoms with Gasteiger partial charge in [-0.25, -0.2) is 9.59 Å². The fraction of sp³-hybridized carbons (Fsp3) is 0.333. The summed E-state index contributed by atoms with van der Waals surface area (Å²) in [6.07, 6.45) is -0.984. The van der Waals surface area contributed by atoms with Crippen molar-refractivity contribution in [3.05, 3.63) is 51.6 Å². The number of benzene rings is 1. The first-order valence-corrected chi connectivity index (χ1v) is 7.61. The molecule has 1 aliphatic rings. The summed E-state index contributed by atoms with van der Waals surface area (Å²) in [4.78, 5) is 24.6. The van der Waals surface area contributed by atoms with Gasteiger partial charge >= 0.3 is 11.6 Å². The van der Waals surface area contributed by atoms with Crippen molar-refractivity contribution >= 4 is 5.97 Å². The van der Waals surface area contributed by atoms with Crippen LogP contribution in [0.2, 0.25) is 0 Å². The molecule has 7 nitrogen and oxygen atoms in total. The summed E-state index contributed by atoms with van der Waals surface area (Å²) in [6, 6.07) is 6.75. The highest BCUT2D eigenvalue weighted by atomic mass is 16.6. The van der Waals surface area contributed by atoms with Crippen LogP contribution in [0.25, 0.3) is 0 Å². The molecule has 2 aromatic rings. The predicted molar refractivity (Wildman–Crippen MR) is 87.5 cm³/mol. The van der Waals surface area contributed by atoms with Crippen LogP contribution >= 0.6 is 0 Å². The average molecular weight is 346 g/mol. The minimum atomic E-state index is -0.984. The molecule has 25 heavy (non-hydrogen) atoms. The smallest absolute Gasteiger partial charge is 0.348 e. The molecule has 0 N–H and O–H groups in total. The van der Waals surface area contributed by atoms with Crippen LogP contribution < -0.4 is 19.8 Å². The second-order valence-corrected chi connectivity index (χ2v) is 5.58. The maximum atomic E-state index is 12.4. The molecular formula is C18H18O7. The van der Waals surface area contributed by atoms with Gasteiger partial charge in [0.2, 0.25) is 6.10 Å². The lowest BCUT2D eigenvalue weighted by Crippen LogP contribution is -2.31. The Bertz CT molecular complexity index is 868. The number of carbonyl (C=O) groups is 1. The third kappa shape index (κ3) is 2.82. The summed E-state index contributed by atoms with van der Waals surface area (Å²) in [5.41, 5.74) is 0.400. The molecule has 0 bridgehead atoms. The maximum Gasteiger partial charge on any atom is 0.348 e. The molecule has 2 heterocycles. The summed E-state index contributed by atoms with van der Waals surface area (Å²) in [5, 5.41) is 0. The minimum absolute atomic E-state index is 0.285. The fourth-order valence-corrected chi connectivity index (χ4v) is 3.02. The van der Waals surface area contributed by atoms with Gasteiger partial charge in [0.15, 0.2) is 11.5 Å². The molecule has 0 unspecified atom stereocenters. The Morgan fingerprint density at radius 2 is 1.80 bits per heavy atom. The van der Waals surface area contributed by atoms with E-state index in [1.54, 1.807) is 31.2 Å². The summed E-state index contributed by atoms with van der Waals surface area (Å²) in [7, 11) is 4.31. The average Bonchev–Trinajstić information content (AvgIpc) is 2.99. The van der Waals surface area contributed by atoms with Crippen LogP contribution in [0.15, 0.2) is 33.5 Å². The third-order valence-electron chi connectivity index (χ3n) is 4.14. The molecule has 0 saturated heterocycles. The number of carbonyl (C=O) groups excluding carboxylic acids is 1. The zero-order chi connectivity index (χ0) is 18.1. The van der Waals surface area contributed by atoms with Crippen LogP contribution in [0.5, 0.6) is 17.2 Å². The first-order chi connectivity index (χ1) is 12.0. The van der Waals surface area contributed by atoms with Crippen molar-refractivity contribution in [1.29, 1.82) is 0 Å². The largest absolute Gasteiger partial charge is 0.493 e. The van der Waals surface area contributed by atoms with Crippen LogP contribution in [0.3, 0.4) is 0 Å². The van der Waals surface area contributed by atoms with E-state index < -0.39 is 23.6 Å². The SMILES string of the molecule is COC(=O)[C@H]1Oc2cc(C)oc(=O)c2[C@H]1c1ccc(OC)c(OC)c1. The maximum absolute atomic E-state index is 12.4. The Balaban J connectivity index is 2.18. The molecule has 0 spiro atoms. The van der Waals surface area contributed by atoms with E-state index in [1.807, 2.05) is 0 Å². The molecule has 3 rings (SSSR count). The predicted octanol–water partition coefficient (Wildman–Crippen LogP) is 2.03. The Hall–Kier alpha value is -2.96. The molecule has 7 heteroatoms. The van der Waals surface area contributed by atoms with E-state index in [9.17, 15) is 9.59 Å². The van der Waals surface area contributed by atoms with Crippen LogP contribution in [-0.2, 0) is 9.53 Å². The summed E-state index contributed by atoms with van der Waals surface area (Å²) in [5.74, 6) is 0.501. The van der Waals surface area contributed by atoms with Crippen molar-refractivity contribution < 1.29 is 28.2 Å². The van der Waals surface area contributed by atoms with Crippen LogP contribution in [-0.4, -0.2) is 33.4 Å². The molecular weight excluding hydrogens is 328 g/mol. The number of esters is 1. The minimum Gasteiger partial charge on any atom is -0.493 e. The number of hydrogen-bond donors (Lipinski definition) is 0. The summed E-state index contributed by atoms with van der Waals surface area (Å²) < 4.78 is 26.3. The van der Waals surface area contributed by atoms with Gasteiger partial charge in [0.25, 0.3) is 0 Å². The van der Waals surface area contributed by atoms with Gasteiger partial charge in [0, 0.05) is 6.07 Å². The quantitative estimate of drug-likeness (QED) is 0.783. The first kappa shape index (κ1) is 16.9.